The molecule has 4 rings (SSSR count). The number of likely N-dealkylation sites (N-methyl/N-ethyl adjacent to an activating group) is 1. The Morgan fingerprint density at radius 1 is 1.03 bits per heavy atom. The number of carbonyl (C=O) groups is 1. The molecular formula is C24H26N6O2S2. The van der Waals surface area contributed by atoms with Crippen LogP contribution in [0.1, 0.15) is 0 Å². The Labute approximate surface area is 206 Å². The van der Waals surface area contributed by atoms with Crippen molar-refractivity contribution in [3.8, 4) is 0 Å². The Hall–Kier alpha value is -3.05. The molecule has 1 fully saturated rings. The molecule has 2 N–H and O–H groups in total. The van der Waals surface area contributed by atoms with Gasteiger partial charge in [-0.05, 0) is 67.7 Å². The van der Waals surface area contributed by atoms with Crippen LogP contribution in [0.15, 0.2) is 88.3 Å². The number of anilines is 3. The number of piperazine rings is 1. The normalized spacial score (nSPS) is 15.4. The van der Waals surface area contributed by atoms with E-state index >= 15 is 0 Å². The fourth-order valence-corrected chi connectivity index (χ4v) is 5.20. The SMILES string of the molecule is C=CC(=O)Nc1ccc(Sc2ccnc(Nc3ccc(S(=O)N4CCN(C)CC4)cc3)n2)cc1. The average Bonchev–Trinajstić information content (AvgIpc) is 2.86. The number of amides is 1. The summed E-state index contributed by atoms with van der Waals surface area (Å²) >= 11 is 1.49. The van der Waals surface area contributed by atoms with Crippen LogP contribution >= 0.6 is 11.8 Å². The molecule has 34 heavy (non-hydrogen) atoms. The van der Waals surface area contributed by atoms with Gasteiger partial charge in [0.1, 0.15) is 16.0 Å². The van der Waals surface area contributed by atoms with E-state index in [1.807, 2.05) is 58.9 Å². The fraction of sp³-hybridized carbons (Fsp3) is 0.208. The van der Waals surface area contributed by atoms with Crippen molar-refractivity contribution < 1.29 is 9.00 Å². The first-order valence-corrected chi connectivity index (χ1v) is 12.7. The molecule has 2 heterocycles. The second-order valence-electron chi connectivity index (χ2n) is 7.67. The minimum atomic E-state index is -1.16. The molecule has 0 spiro atoms. The van der Waals surface area contributed by atoms with E-state index in [-0.39, 0.29) is 5.91 Å². The third-order valence-corrected chi connectivity index (χ3v) is 7.62. The van der Waals surface area contributed by atoms with Crippen molar-refractivity contribution in [3.63, 3.8) is 0 Å². The number of nitrogens with one attached hydrogen (secondary N) is 2. The first kappa shape index (κ1) is 24.1. The van der Waals surface area contributed by atoms with E-state index in [1.54, 1.807) is 6.20 Å². The molecule has 1 aromatic heterocycles. The Bertz CT molecular complexity index is 1160. The van der Waals surface area contributed by atoms with Gasteiger partial charge in [0.15, 0.2) is 0 Å². The standard InChI is InChI=1S/C24H26N6O2S2/c1-3-22(31)26-18-4-8-20(9-5-18)33-23-12-13-25-24(28-23)27-19-6-10-21(11-7-19)34(32)30-16-14-29(2)15-17-30/h3-13H,1,14-17H2,2H3,(H,26,31)(H,25,27,28). The molecule has 0 radical (unpaired) electrons. The van der Waals surface area contributed by atoms with Crippen molar-refractivity contribution in [3.05, 3.63) is 73.4 Å². The fourth-order valence-electron chi connectivity index (χ4n) is 3.27. The molecule has 1 amide bonds. The van der Waals surface area contributed by atoms with Gasteiger partial charge in [0.05, 0.1) is 4.90 Å². The highest BCUT2D eigenvalue weighted by atomic mass is 32.2. The van der Waals surface area contributed by atoms with Gasteiger partial charge in [0.2, 0.25) is 11.9 Å². The molecule has 1 unspecified atom stereocenters. The van der Waals surface area contributed by atoms with Crippen LogP contribution in [0, 0.1) is 0 Å². The maximum absolute atomic E-state index is 12.8. The van der Waals surface area contributed by atoms with Gasteiger partial charge < -0.3 is 15.5 Å². The third kappa shape index (κ3) is 6.51. The number of aromatic nitrogens is 2. The highest BCUT2D eigenvalue weighted by molar-refractivity contribution is 7.99. The van der Waals surface area contributed by atoms with Gasteiger partial charge >= 0.3 is 0 Å². The second kappa shape index (κ2) is 11.4. The predicted octanol–water partition coefficient (Wildman–Crippen LogP) is 3.77. The summed E-state index contributed by atoms with van der Waals surface area (Å²) < 4.78 is 14.8. The zero-order chi connectivity index (χ0) is 23.9. The molecule has 10 heteroatoms. The first-order valence-electron chi connectivity index (χ1n) is 10.8. The predicted molar refractivity (Wildman–Crippen MR) is 137 cm³/mol. The smallest absolute Gasteiger partial charge is 0.247 e. The van der Waals surface area contributed by atoms with Crippen LogP contribution in [-0.4, -0.2) is 62.5 Å². The number of carbonyl (C=O) groups excluding carboxylic acids is 1. The quantitative estimate of drug-likeness (QED) is 0.364. The van der Waals surface area contributed by atoms with Crippen molar-refractivity contribution in [2.75, 3.05) is 43.9 Å². The number of hydrogen-bond donors (Lipinski definition) is 2. The van der Waals surface area contributed by atoms with E-state index in [1.165, 1.54) is 17.8 Å². The second-order valence-corrected chi connectivity index (χ2v) is 10.2. The van der Waals surface area contributed by atoms with E-state index in [0.29, 0.717) is 11.6 Å². The van der Waals surface area contributed by atoms with Crippen molar-refractivity contribution >= 4 is 46.0 Å². The van der Waals surface area contributed by atoms with Crippen LogP contribution < -0.4 is 10.6 Å². The lowest BCUT2D eigenvalue weighted by molar-refractivity contribution is -0.111. The number of benzene rings is 2. The summed E-state index contributed by atoms with van der Waals surface area (Å²) in [4.78, 5) is 24.3. The van der Waals surface area contributed by atoms with Gasteiger partial charge in [-0.25, -0.2) is 18.5 Å². The lowest BCUT2D eigenvalue weighted by atomic mass is 10.3. The summed E-state index contributed by atoms with van der Waals surface area (Å²) in [6.45, 7) is 6.89. The summed E-state index contributed by atoms with van der Waals surface area (Å²) in [7, 11) is 0.926. The van der Waals surface area contributed by atoms with Crippen LogP contribution in [-0.2, 0) is 15.8 Å². The molecule has 2 aromatic carbocycles. The van der Waals surface area contributed by atoms with Crippen molar-refractivity contribution in [2.45, 2.75) is 14.8 Å². The van der Waals surface area contributed by atoms with E-state index in [0.717, 1.165) is 46.7 Å². The van der Waals surface area contributed by atoms with Crippen LogP contribution in [0.5, 0.6) is 0 Å². The van der Waals surface area contributed by atoms with Crippen LogP contribution in [0.2, 0.25) is 0 Å². The minimum Gasteiger partial charge on any atom is -0.324 e. The summed E-state index contributed by atoms with van der Waals surface area (Å²) in [6, 6.07) is 16.9. The third-order valence-electron chi connectivity index (χ3n) is 5.17. The highest BCUT2D eigenvalue weighted by Crippen LogP contribution is 2.28. The molecule has 176 valence electrons. The van der Waals surface area contributed by atoms with E-state index in [9.17, 15) is 9.00 Å². The van der Waals surface area contributed by atoms with E-state index < -0.39 is 11.0 Å². The van der Waals surface area contributed by atoms with Gasteiger partial charge in [0.25, 0.3) is 0 Å². The molecule has 0 aliphatic carbocycles. The molecular weight excluding hydrogens is 468 g/mol. The lowest BCUT2D eigenvalue weighted by Gasteiger charge is -2.31. The Balaban J connectivity index is 1.36. The summed E-state index contributed by atoms with van der Waals surface area (Å²) in [5, 5.41) is 6.72. The van der Waals surface area contributed by atoms with Crippen LogP contribution in [0.3, 0.4) is 0 Å². The topological polar surface area (TPSA) is 90.5 Å². The monoisotopic (exact) mass is 494 g/mol. The van der Waals surface area contributed by atoms with Gasteiger partial charge in [-0.3, -0.25) is 4.79 Å². The highest BCUT2D eigenvalue weighted by Gasteiger charge is 2.20. The first-order chi connectivity index (χ1) is 16.5. The zero-order valence-electron chi connectivity index (χ0n) is 18.8. The van der Waals surface area contributed by atoms with E-state index in [4.69, 9.17) is 0 Å². The molecule has 1 aliphatic rings. The molecule has 8 nitrogen and oxygen atoms in total. The summed E-state index contributed by atoms with van der Waals surface area (Å²) in [5.74, 6) is 0.235. The maximum Gasteiger partial charge on any atom is 0.247 e. The zero-order valence-corrected chi connectivity index (χ0v) is 20.4. The van der Waals surface area contributed by atoms with Crippen molar-refractivity contribution in [1.29, 1.82) is 0 Å². The Morgan fingerprint density at radius 2 is 1.71 bits per heavy atom. The van der Waals surface area contributed by atoms with E-state index in [2.05, 4.69) is 39.1 Å². The molecule has 3 aromatic rings. The molecule has 1 saturated heterocycles. The number of rotatable bonds is 8. The van der Waals surface area contributed by atoms with Crippen LogP contribution in [0.25, 0.3) is 0 Å². The number of nitrogens with zero attached hydrogens (tertiary/aromatic N) is 4. The Morgan fingerprint density at radius 3 is 2.38 bits per heavy atom. The van der Waals surface area contributed by atoms with Gasteiger partial charge in [-0.15, -0.1) is 0 Å². The van der Waals surface area contributed by atoms with Crippen molar-refractivity contribution in [2.24, 2.45) is 0 Å². The largest absolute Gasteiger partial charge is 0.324 e. The molecule has 1 atom stereocenters. The number of hydrogen-bond acceptors (Lipinski definition) is 7. The van der Waals surface area contributed by atoms with Gasteiger partial charge in [-0.2, -0.15) is 0 Å². The van der Waals surface area contributed by atoms with Gasteiger partial charge in [-0.1, -0.05) is 18.3 Å². The Kier molecular flexibility index (Phi) is 8.07. The average molecular weight is 495 g/mol. The summed E-state index contributed by atoms with van der Waals surface area (Å²) in [5.41, 5.74) is 1.53. The van der Waals surface area contributed by atoms with Crippen molar-refractivity contribution in [1.82, 2.24) is 19.2 Å². The van der Waals surface area contributed by atoms with Gasteiger partial charge in [0, 0.05) is 48.6 Å². The summed E-state index contributed by atoms with van der Waals surface area (Å²) in [6.07, 6.45) is 2.94. The minimum absolute atomic E-state index is 0.245. The molecule has 0 bridgehead atoms. The molecule has 0 saturated carbocycles. The molecule has 1 aliphatic heterocycles. The lowest BCUT2D eigenvalue weighted by Crippen LogP contribution is -2.45. The maximum atomic E-state index is 12.8. The van der Waals surface area contributed by atoms with Crippen LogP contribution in [0.4, 0.5) is 17.3 Å².